The van der Waals surface area contributed by atoms with Gasteiger partial charge in [-0.2, -0.15) is 11.8 Å². The van der Waals surface area contributed by atoms with Crippen LogP contribution >= 0.6 is 11.8 Å². The molecule has 0 amide bonds. The topological polar surface area (TPSA) is 32.3 Å². The lowest BCUT2D eigenvalue weighted by molar-refractivity contribution is 0.182. The van der Waals surface area contributed by atoms with E-state index < -0.39 is 0 Å². The summed E-state index contributed by atoms with van der Waals surface area (Å²) in [7, 11) is 1.97. The van der Waals surface area contributed by atoms with Crippen LogP contribution in [0.5, 0.6) is 0 Å². The van der Waals surface area contributed by atoms with E-state index in [1.807, 2.05) is 7.05 Å². The van der Waals surface area contributed by atoms with Crippen LogP contribution in [0.15, 0.2) is 0 Å². The van der Waals surface area contributed by atoms with Crippen molar-refractivity contribution in [1.82, 2.24) is 5.32 Å². The van der Waals surface area contributed by atoms with Gasteiger partial charge < -0.3 is 10.4 Å². The first kappa shape index (κ1) is 9.36. The number of hydrogen-bond acceptors (Lipinski definition) is 3. The van der Waals surface area contributed by atoms with E-state index in [0.29, 0.717) is 11.2 Å². The maximum atomic E-state index is 9.54. The molecule has 0 bridgehead atoms. The fourth-order valence-electron chi connectivity index (χ4n) is 1.78. The smallest absolute Gasteiger partial charge is 0.0661 e. The van der Waals surface area contributed by atoms with Gasteiger partial charge in [-0.3, -0.25) is 0 Å². The number of hydrogen-bond donors (Lipinski definition) is 2. The van der Waals surface area contributed by atoms with E-state index in [-0.39, 0.29) is 6.10 Å². The van der Waals surface area contributed by atoms with E-state index in [0.717, 1.165) is 13.0 Å². The number of nitrogens with one attached hydrogen (secondary N) is 1. The molecule has 1 aliphatic carbocycles. The molecule has 0 spiro atoms. The summed E-state index contributed by atoms with van der Waals surface area (Å²) in [5.74, 6) is 0.687. The highest BCUT2D eigenvalue weighted by molar-refractivity contribution is 7.99. The van der Waals surface area contributed by atoms with Gasteiger partial charge in [0.1, 0.15) is 0 Å². The molecule has 1 aliphatic rings. The summed E-state index contributed by atoms with van der Waals surface area (Å²) in [5.41, 5.74) is 0. The zero-order chi connectivity index (χ0) is 8.27. The van der Waals surface area contributed by atoms with Crippen molar-refractivity contribution in [2.45, 2.75) is 24.2 Å². The summed E-state index contributed by atoms with van der Waals surface area (Å²) < 4.78 is 0. The second-order valence-electron chi connectivity index (χ2n) is 3.24. The highest BCUT2D eigenvalue weighted by Crippen LogP contribution is 2.32. The van der Waals surface area contributed by atoms with E-state index in [1.54, 1.807) is 11.8 Å². The molecule has 11 heavy (non-hydrogen) atoms. The Morgan fingerprint density at radius 3 is 2.73 bits per heavy atom. The van der Waals surface area contributed by atoms with Crippen molar-refractivity contribution in [3.63, 3.8) is 0 Å². The monoisotopic (exact) mass is 175 g/mol. The zero-order valence-corrected chi connectivity index (χ0v) is 8.03. The molecule has 1 saturated carbocycles. The van der Waals surface area contributed by atoms with Gasteiger partial charge in [0.15, 0.2) is 0 Å². The first-order chi connectivity index (χ1) is 5.27. The normalized spacial score (nSPS) is 37.9. The molecular formula is C8H17NOS. The second kappa shape index (κ2) is 4.33. The van der Waals surface area contributed by atoms with E-state index in [1.165, 1.54) is 6.42 Å². The van der Waals surface area contributed by atoms with Crippen molar-refractivity contribution in [3.8, 4) is 0 Å². The number of aliphatic hydroxyl groups excluding tert-OH is 1. The molecule has 0 heterocycles. The molecule has 2 nitrogen and oxygen atoms in total. The predicted molar refractivity (Wildman–Crippen MR) is 50.0 cm³/mol. The van der Waals surface area contributed by atoms with Crippen LogP contribution in [0.25, 0.3) is 0 Å². The van der Waals surface area contributed by atoms with Crippen molar-refractivity contribution in [2.24, 2.45) is 5.92 Å². The van der Waals surface area contributed by atoms with Crippen molar-refractivity contribution >= 4 is 11.8 Å². The van der Waals surface area contributed by atoms with Gasteiger partial charge in [0.05, 0.1) is 6.10 Å². The van der Waals surface area contributed by atoms with Crippen LogP contribution in [-0.4, -0.2) is 36.3 Å². The lowest BCUT2D eigenvalue weighted by Crippen LogP contribution is -2.16. The summed E-state index contributed by atoms with van der Waals surface area (Å²) in [6.07, 6.45) is 4.16. The Kier molecular flexibility index (Phi) is 3.69. The Morgan fingerprint density at radius 1 is 1.55 bits per heavy atom. The molecule has 3 heteroatoms. The summed E-state index contributed by atoms with van der Waals surface area (Å²) in [6.45, 7) is 1.05. The van der Waals surface area contributed by atoms with Crippen LogP contribution in [-0.2, 0) is 0 Å². The quantitative estimate of drug-likeness (QED) is 0.662. The third-order valence-electron chi connectivity index (χ3n) is 2.37. The Bertz CT molecular complexity index is 121. The van der Waals surface area contributed by atoms with Crippen LogP contribution < -0.4 is 5.32 Å². The molecule has 0 aromatic carbocycles. The predicted octanol–water partition coefficient (Wildman–Crippen LogP) is 0.708. The summed E-state index contributed by atoms with van der Waals surface area (Å²) in [4.78, 5) is 0. The fourth-order valence-corrected chi connectivity index (χ4v) is 2.67. The minimum atomic E-state index is -0.0663. The highest BCUT2D eigenvalue weighted by Gasteiger charge is 2.31. The molecule has 0 aromatic rings. The van der Waals surface area contributed by atoms with Gasteiger partial charge in [-0.1, -0.05) is 0 Å². The number of aliphatic hydroxyl groups is 1. The minimum Gasteiger partial charge on any atom is -0.392 e. The summed E-state index contributed by atoms with van der Waals surface area (Å²) in [5, 5.41) is 13.2. The van der Waals surface area contributed by atoms with Crippen molar-refractivity contribution in [2.75, 3.05) is 19.8 Å². The van der Waals surface area contributed by atoms with E-state index >= 15 is 0 Å². The molecule has 1 fully saturated rings. The molecule has 0 radical (unpaired) electrons. The first-order valence-corrected chi connectivity index (χ1v) is 5.42. The maximum absolute atomic E-state index is 9.54. The van der Waals surface area contributed by atoms with Gasteiger partial charge in [0.2, 0.25) is 0 Å². The molecule has 3 atom stereocenters. The van der Waals surface area contributed by atoms with Crippen LogP contribution in [0, 0.1) is 5.92 Å². The largest absolute Gasteiger partial charge is 0.392 e. The van der Waals surface area contributed by atoms with Gasteiger partial charge in [0.25, 0.3) is 0 Å². The average molecular weight is 175 g/mol. The Hall–Kier alpha value is 0.270. The fraction of sp³-hybridized carbons (Fsp3) is 1.00. The molecular weight excluding hydrogens is 158 g/mol. The maximum Gasteiger partial charge on any atom is 0.0661 e. The number of rotatable bonds is 3. The lowest BCUT2D eigenvalue weighted by Gasteiger charge is -2.09. The molecule has 0 aromatic heterocycles. The third kappa shape index (κ3) is 2.36. The van der Waals surface area contributed by atoms with Crippen molar-refractivity contribution in [1.29, 1.82) is 0 Å². The van der Waals surface area contributed by atoms with E-state index in [2.05, 4.69) is 11.6 Å². The van der Waals surface area contributed by atoms with E-state index in [9.17, 15) is 5.11 Å². The molecule has 0 saturated heterocycles. The van der Waals surface area contributed by atoms with Crippen LogP contribution in [0.2, 0.25) is 0 Å². The standard InChI is InChI=1S/C8H17NOS/c1-9-5-6-3-7(10)8(4-6)11-2/h6-10H,3-5H2,1-2H3/t6-,7+,8+/m0/s1. The van der Waals surface area contributed by atoms with Gasteiger partial charge in [0, 0.05) is 5.25 Å². The molecule has 1 rings (SSSR count). The van der Waals surface area contributed by atoms with Crippen molar-refractivity contribution < 1.29 is 5.11 Å². The molecule has 66 valence electrons. The minimum absolute atomic E-state index is 0.0663. The zero-order valence-electron chi connectivity index (χ0n) is 7.21. The second-order valence-corrected chi connectivity index (χ2v) is 4.31. The Balaban J connectivity index is 2.30. The van der Waals surface area contributed by atoms with Gasteiger partial charge in [-0.25, -0.2) is 0 Å². The summed E-state index contributed by atoms with van der Waals surface area (Å²) in [6, 6.07) is 0. The van der Waals surface area contributed by atoms with Crippen LogP contribution in [0.1, 0.15) is 12.8 Å². The van der Waals surface area contributed by atoms with Gasteiger partial charge >= 0.3 is 0 Å². The van der Waals surface area contributed by atoms with E-state index in [4.69, 9.17) is 0 Å². The average Bonchev–Trinajstić information content (AvgIpc) is 2.32. The van der Waals surface area contributed by atoms with Gasteiger partial charge in [-0.05, 0) is 38.6 Å². The van der Waals surface area contributed by atoms with Crippen molar-refractivity contribution in [3.05, 3.63) is 0 Å². The lowest BCUT2D eigenvalue weighted by atomic mass is 10.1. The molecule has 0 unspecified atom stereocenters. The van der Waals surface area contributed by atoms with Crippen LogP contribution in [0.3, 0.4) is 0 Å². The number of thioether (sulfide) groups is 1. The molecule has 0 aliphatic heterocycles. The Labute approximate surface area is 72.8 Å². The first-order valence-electron chi connectivity index (χ1n) is 4.13. The molecule has 2 N–H and O–H groups in total. The Morgan fingerprint density at radius 2 is 2.27 bits per heavy atom. The summed E-state index contributed by atoms with van der Waals surface area (Å²) >= 11 is 1.79. The third-order valence-corrected chi connectivity index (χ3v) is 3.48. The van der Waals surface area contributed by atoms with Gasteiger partial charge in [-0.15, -0.1) is 0 Å². The SMILES string of the molecule is CNC[C@H]1C[C@@H](O)[C@H](SC)C1. The highest BCUT2D eigenvalue weighted by atomic mass is 32.2. The van der Waals surface area contributed by atoms with Crippen LogP contribution in [0.4, 0.5) is 0 Å².